The molecule has 122 valence electrons. The normalized spacial score (nSPS) is 15.7. The Hall–Kier alpha value is -1.87. The van der Waals surface area contributed by atoms with E-state index in [1.54, 1.807) is 18.3 Å². The van der Waals surface area contributed by atoms with Crippen molar-refractivity contribution >= 4 is 17.4 Å². The molecular formula is C13H16F3N3O3. The number of hydrogen-bond acceptors (Lipinski definition) is 5. The zero-order valence-corrected chi connectivity index (χ0v) is 11.7. The molecule has 0 atom stereocenters. The highest BCUT2D eigenvalue weighted by Gasteiger charge is 2.28. The molecule has 0 spiro atoms. The lowest BCUT2D eigenvalue weighted by Gasteiger charge is -2.29. The van der Waals surface area contributed by atoms with Gasteiger partial charge in [0, 0.05) is 19.3 Å². The largest absolute Gasteiger partial charge is 0.411 e. The first-order chi connectivity index (χ1) is 10.5. The number of alkyl halides is 3. The van der Waals surface area contributed by atoms with Gasteiger partial charge >= 0.3 is 6.18 Å². The van der Waals surface area contributed by atoms with E-state index in [0.717, 1.165) is 0 Å². The predicted molar refractivity (Wildman–Crippen MR) is 72.8 cm³/mol. The molecule has 1 saturated heterocycles. The van der Waals surface area contributed by atoms with Crippen molar-refractivity contribution in [3.63, 3.8) is 0 Å². The van der Waals surface area contributed by atoms with Gasteiger partial charge in [-0.05, 0) is 12.1 Å². The number of ether oxygens (including phenoxy) is 2. The Labute approximate surface area is 125 Å². The fourth-order valence-electron chi connectivity index (χ4n) is 1.97. The van der Waals surface area contributed by atoms with E-state index in [0.29, 0.717) is 37.8 Å². The molecule has 2 rings (SSSR count). The Morgan fingerprint density at radius 3 is 2.82 bits per heavy atom. The summed E-state index contributed by atoms with van der Waals surface area (Å²) < 4.78 is 45.4. The smallest absolute Gasteiger partial charge is 0.378 e. The van der Waals surface area contributed by atoms with Crippen molar-refractivity contribution in [3.05, 3.63) is 18.3 Å². The standard InChI is InChI=1S/C13H16F3N3O3/c14-13(15,16)9-22-8-11(20)18-10-2-1-3-17-12(10)19-4-6-21-7-5-19/h1-3H,4-9H2,(H,18,20). The summed E-state index contributed by atoms with van der Waals surface area (Å²) in [6, 6.07) is 3.27. The van der Waals surface area contributed by atoms with Gasteiger partial charge in [0.1, 0.15) is 13.2 Å². The van der Waals surface area contributed by atoms with Crippen LogP contribution in [0.2, 0.25) is 0 Å². The molecule has 0 bridgehead atoms. The monoisotopic (exact) mass is 319 g/mol. The molecule has 1 fully saturated rings. The van der Waals surface area contributed by atoms with Crippen molar-refractivity contribution < 1.29 is 27.4 Å². The molecule has 1 amide bonds. The second kappa shape index (κ2) is 7.41. The van der Waals surface area contributed by atoms with Gasteiger partial charge < -0.3 is 19.7 Å². The molecule has 1 aliphatic rings. The second-order valence-corrected chi connectivity index (χ2v) is 4.63. The summed E-state index contributed by atoms with van der Waals surface area (Å²) in [5.74, 6) is -0.0956. The Balaban J connectivity index is 1.93. The fourth-order valence-corrected chi connectivity index (χ4v) is 1.97. The van der Waals surface area contributed by atoms with E-state index in [1.165, 1.54) is 0 Å². The average Bonchev–Trinajstić information content (AvgIpc) is 2.47. The molecule has 1 aromatic heterocycles. The Morgan fingerprint density at radius 1 is 1.41 bits per heavy atom. The van der Waals surface area contributed by atoms with Crippen LogP contribution >= 0.6 is 0 Å². The number of anilines is 2. The van der Waals surface area contributed by atoms with Crippen LogP contribution in [0.3, 0.4) is 0 Å². The topological polar surface area (TPSA) is 63.7 Å². The van der Waals surface area contributed by atoms with Crippen molar-refractivity contribution in [1.29, 1.82) is 0 Å². The van der Waals surface area contributed by atoms with Crippen LogP contribution in [0.1, 0.15) is 0 Å². The summed E-state index contributed by atoms with van der Waals surface area (Å²) in [6.45, 7) is 0.243. The van der Waals surface area contributed by atoms with Crippen molar-refractivity contribution in [2.75, 3.05) is 49.7 Å². The van der Waals surface area contributed by atoms with Crippen molar-refractivity contribution in [1.82, 2.24) is 4.98 Å². The third-order valence-corrected chi connectivity index (χ3v) is 2.87. The van der Waals surface area contributed by atoms with E-state index in [4.69, 9.17) is 4.74 Å². The zero-order valence-electron chi connectivity index (χ0n) is 11.7. The Kier molecular flexibility index (Phi) is 5.56. The maximum Gasteiger partial charge on any atom is 0.411 e. The Bertz CT molecular complexity index is 505. The Morgan fingerprint density at radius 2 is 2.14 bits per heavy atom. The molecule has 22 heavy (non-hydrogen) atoms. The lowest BCUT2D eigenvalue weighted by molar-refractivity contribution is -0.174. The number of carbonyl (C=O) groups is 1. The summed E-state index contributed by atoms with van der Waals surface area (Å²) in [5.41, 5.74) is 0.435. The van der Waals surface area contributed by atoms with Gasteiger partial charge in [-0.15, -0.1) is 0 Å². The summed E-state index contributed by atoms with van der Waals surface area (Å²) in [7, 11) is 0. The number of hydrogen-bond donors (Lipinski definition) is 1. The van der Waals surface area contributed by atoms with Gasteiger partial charge in [-0.1, -0.05) is 0 Å². The lowest BCUT2D eigenvalue weighted by atomic mass is 10.3. The minimum Gasteiger partial charge on any atom is -0.378 e. The summed E-state index contributed by atoms with van der Waals surface area (Å²) >= 11 is 0. The molecule has 6 nitrogen and oxygen atoms in total. The molecular weight excluding hydrogens is 303 g/mol. The molecule has 0 saturated carbocycles. The molecule has 1 N–H and O–H groups in total. The minimum atomic E-state index is -4.45. The third kappa shape index (κ3) is 5.15. The van der Waals surface area contributed by atoms with Crippen LogP contribution in [0.4, 0.5) is 24.7 Å². The first kappa shape index (κ1) is 16.5. The first-order valence-corrected chi connectivity index (χ1v) is 6.68. The number of halogens is 3. The van der Waals surface area contributed by atoms with Crippen LogP contribution in [-0.2, 0) is 14.3 Å². The molecule has 1 aromatic rings. The molecule has 0 radical (unpaired) electrons. The number of rotatable bonds is 5. The molecule has 2 heterocycles. The maximum absolute atomic E-state index is 12.0. The van der Waals surface area contributed by atoms with Gasteiger partial charge in [0.05, 0.1) is 18.9 Å². The van der Waals surface area contributed by atoms with Gasteiger partial charge in [-0.25, -0.2) is 4.98 Å². The quantitative estimate of drug-likeness (QED) is 0.890. The SMILES string of the molecule is O=C(COCC(F)(F)F)Nc1cccnc1N1CCOCC1. The van der Waals surface area contributed by atoms with Crippen LogP contribution in [0.5, 0.6) is 0 Å². The van der Waals surface area contributed by atoms with E-state index >= 15 is 0 Å². The van der Waals surface area contributed by atoms with Crippen molar-refractivity contribution in [2.24, 2.45) is 0 Å². The maximum atomic E-state index is 12.0. The second-order valence-electron chi connectivity index (χ2n) is 4.63. The van der Waals surface area contributed by atoms with Crippen molar-refractivity contribution in [2.45, 2.75) is 6.18 Å². The predicted octanol–water partition coefficient (Wildman–Crippen LogP) is 1.44. The first-order valence-electron chi connectivity index (χ1n) is 6.68. The van der Waals surface area contributed by atoms with Crippen molar-refractivity contribution in [3.8, 4) is 0 Å². The summed E-state index contributed by atoms with van der Waals surface area (Å²) in [4.78, 5) is 17.8. The van der Waals surface area contributed by atoms with Crippen LogP contribution in [0.25, 0.3) is 0 Å². The average molecular weight is 319 g/mol. The zero-order chi connectivity index (χ0) is 16.0. The van der Waals surface area contributed by atoms with E-state index in [1.807, 2.05) is 4.90 Å². The molecule has 9 heteroatoms. The van der Waals surface area contributed by atoms with Crippen LogP contribution in [-0.4, -0.2) is 56.6 Å². The number of aromatic nitrogens is 1. The number of carbonyl (C=O) groups excluding carboxylic acids is 1. The summed E-state index contributed by atoms with van der Waals surface area (Å²) in [6.07, 6.45) is -2.87. The third-order valence-electron chi connectivity index (χ3n) is 2.87. The lowest BCUT2D eigenvalue weighted by Crippen LogP contribution is -2.37. The number of nitrogens with one attached hydrogen (secondary N) is 1. The highest BCUT2D eigenvalue weighted by molar-refractivity contribution is 5.94. The molecule has 1 aliphatic heterocycles. The highest BCUT2D eigenvalue weighted by Crippen LogP contribution is 2.23. The van der Waals surface area contributed by atoms with Gasteiger partial charge in [0.15, 0.2) is 5.82 Å². The summed E-state index contributed by atoms with van der Waals surface area (Å²) in [5, 5.41) is 2.52. The van der Waals surface area contributed by atoms with E-state index < -0.39 is 25.3 Å². The van der Waals surface area contributed by atoms with Gasteiger partial charge in [-0.2, -0.15) is 13.2 Å². The van der Waals surface area contributed by atoms with Crippen LogP contribution in [0, 0.1) is 0 Å². The molecule has 0 aliphatic carbocycles. The van der Waals surface area contributed by atoms with Crippen LogP contribution in [0.15, 0.2) is 18.3 Å². The number of morpholine rings is 1. The van der Waals surface area contributed by atoms with E-state index in [2.05, 4.69) is 15.0 Å². The van der Waals surface area contributed by atoms with E-state index in [9.17, 15) is 18.0 Å². The number of amides is 1. The fraction of sp³-hybridized carbons (Fsp3) is 0.538. The number of pyridine rings is 1. The molecule has 0 unspecified atom stereocenters. The van der Waals surface area contributed by atoms with Gasteiger partial charge in [0.2, 0.25) is 5.91 Å². The van der Waals surface area contributed by atoms with E-state index in [-0.39, 0.29) is 0 Å². The minimum absolute atomic E-state index is 0.435. The van der Waals surface area contributed by atoms with Gasteiger partial charge in [-0.3, -0.25) is 4.79 Å². The highest BCUT2D eigenvalue weighted by atomic mass is 19.4. The number of nitrogens with zero attached hydrogens (tertiary/aromatic N) is 2. The molecule has 0 aromatic carbocycles. The van der Waals surface area contributed by atoms with Gasteiger partial charge in [0.25, 0.3) is 0 Å². The van der Waals surface area contributed by atoms with Crippen LogP contribution < -0.4 is 10.2 Å².